The molecule has 2 aromatic rings. The fourth-order valence-corrected chi connectivity index (χ4v) is 1.61. The van der Waals surface area contributed by atoms with Crippen LogP contribution in [0.25, 0.3) is 0 Å². The number of aromatic nitrogens is 2. The van der Waals surface area contributed by atoms with Gasteiger partial charge >= 0.3 is 0 Å². The van der Waals surface area contributed by atoms with Crippen molar-refractivity contribution in [1.29, 1.82) is 0 Å². The number of nitrogens with zero attached hydrogens (tertiary/aromatic N) is 2. The summed E-state index contributed by atoms with van der Waals surface area (Å²) in [4.78, 5) is 4.24. The summed E-state index contributed by atoms with van der Waals surface area (Å²) in [7, 11) is 1.97. The van der Waals surface area contributed by atoms with Gasteiger partial charge in [0.2, 0.25) is 0 Å². The molecule has 4 nitrogen and oxygen atoms in total. The molecular weight excluding hydrogens is 214 g/mol. The lowest BCUT2D eigenvalue weighted by Crippen LogP contribution is -2.31. The highest BCUT2D eigenvalue weighted by Gasteiger charge is 2.08. The van der Waals surface area contributed by atoms with E-state index >= 15 is 0 Å². The van der Waals surface area contributed by atoms with E-state index in [0.29, 0.717) is 6.61 Å². The number of para-hydroxylation sites is 1. The van der Waals surface area contributed by atoms with Gasteiger partial charge in [0, 0.05) is 31.9 Å². The molecule has 2 rings (SSSR count). The van der Waals surface area contributed by atoms with Crippen molar-refractivity contribution in [3.05, 3.63) is 48.5 Å². The number of aryl methyl sites for hydroxylation is 1. The van der Waals surface area contributed by atoms with E-state index in [0.717, 1.165) is 18.0 Å². The van der Waals surface area contributed by atoms with Crippen LogP contribution in [0.3, 0.4) is 0 Å². The van der Waals surface area contributed by atoms with E-state index in [1.54, 1.807) is 6.20 Å². The molecule has 0 saturated heterocycles. The SMILES string of the molecule is Cn1ccnc1CC(N)COc1ccccc1. The fourth-order valence-electron chi connectivity index (χ4n) is 1.61. The Balaban J connectivity index is 1.82. The zero-order chi connectivity index (χ0) is 12.1. The third-order valence-electron chi connectivity index (χ3n) is 2.57. The van der Waals surface area contributed by atoms with E-state index < -0.39 is 0 Å². The Morgan fingerprint density at radius 1 is 1.35 bits per heavy atom. The first-order chi connectivity index (χ1) is 8.25. The molecule has 0 spiro atoms. The van der Waals surface area contributed by atoms with Gasteiger partial charge in [-0.1, -0.05) is 18.2 Å². The maximum absolute atomic E-state index is 6.00. The van der Waals surface area contributed by atoms with Gasteiger partial charge in [-0.15, -0.1) is 0 Å². The van der Waals surface area contributed by atoms with E-state index in [2.05, 4.69) is 4.98 Å². The van der Waals surface area contributed by atoms with Crippen LogP contribution < -0.4 is 10.5 Å². The van der Waals surface area contributed by atoms with Crippen LogP contribution in [0.2, 0.25) is 0 Å². The zero-order valence-electron chi connectivity index (χ0n) is 9.91. The van der Waals surface area contributed by atoms with Crippen molar-refractivity contribution in [2.75, 3.05) is 6.61 Å². The molecule has 1 aromatic carbocycles. The van der Waals surface area contributed by atoms with Crippen LogP contribution in [0, 0.1) is 0 Å². The number of hydrogen-bond acceptors (Lipinski definition) is 3. The standard InChI is InChI=1S/C13H17N3O/c1-16-8-7-15-13(16)9-11(14)10-17-12-5-3-2-4-6-12/h2-8,11H,9-10,14H2,1H3. The second-order valence-corrected chi connectivity index (χ2v) is 4.04. The van der Waals surface area contributed by atoms with Crippen molar-refractivity contribution >= 4 is 0 Å². The van der Waals surface area contributed by atoms with Crippen LogP contribution in [0.5, 0.6) is 5.75 Å². The van der Waals surface area contributed by atoms with Crippen LogP contribution in [-0.2, 0) is 13.5 Å². The number of ether oxygens (including phenoxy) is 1. The van der Waals surface area contributed by atoms with Crippen LogP contribution in [0.15, 0.2) is 42.7 Å². The van der Waals surface area contributed by atoms with Gasteiger partial charge in [0.25, 0.3) is 0 Å². The molecule has 90 valence electrons. The number of rotatable bonds is 5. The molecule has 1 heterocycles. The number of nitrogens with two attached hydrogens (primary N) is 1. The summed E-state index contributed by atoms with van der Waals surface area (Å²) >= 11 is 0. The number of benzene rings is 1. The molecule has 4 heteroatoms. The maximum atomic E-state index is 6.00. The highest BCUT2D eigenvalue weighted by atomic mass is 16.5. The summed E-state index contributed by atoms with van der Waals surface area (Å²) in [6.07, 6.45) is 4.41. The van der Waals surface area contributed by atoms with E-state index in [1.165, 1.54) is 0 Å². The third-order valence-corrected chi connectivity index (χ3v) is 2.57. The summed E-state index contributed by atoms with van der Waals surface area (Å²) in [5, 5.41) is 0. The largest absolute Gasteiger partial charge is 0.492 e. The van der Waals surface area contributed by atoms with Gasteiger partial charge in [-0.3, -0.25) is 0 Å². The molecule has 1 unspecified atom stereocenters. The van der Waals surface area contributed by atoms with Gasteiger partial charge in [-0.2, -0.15) is 0 Å². The topological polar surface area (TPSA) is 53.1 Å². The Morgan fingerprint density at radius 2 is 2.12 bits per heavy atom. The summed E-state index contributed by atoms with van der Waals surface area (Å²) in [6, 6.07) is 9.65. The van der Waals surface area contributed by atoms with Crippen molar-refractivity contribution in [3.63, 3.8) is 0 Å². The van der Waals surface area contributed by atoms with Crippen molar-refractivity contribution in [1.82, 2.24) is 9.55 Å². The van der Waals surface area contributed by atoms with Crippen LogP contribution >= 0.6 is 0 Å². The first-order valence-electron chi connectivity index (χ1n) is 5.65. The highest BCUT2D eigenvalue weighted by molar-refractivity contribution is 5.20. The van der Waals surface area contributed by atoms with Gasteiger partial charge in [0.15, 0.2) is 0 Å². The lowest BCUT2D eigenvalue weighted by Gasteiger charge is -2.12. The van der Waals surface area contributed by atoms with E-state index in [1.807, 2.05) is 48.1 Å². The molecule has 0 fully saturated rings. The molecule has 0 radical (unpaired) electrons. The Kier molecular flexibility index (Phi) is 3.77. The molecule has 1 aromatic heterocycles. The lowest BCUT2D eigenvalue weighted by molar-refractivity contribution is 0.285. The van der Waals surface area contributed by atoms with E-state index in [9.17, 15) is 0 Å². The first-order valence-corrected chi connectivity index (χ1v) is 5.65. The van der Waals surface area contributed by atoms with Crippen molar-refractivity contribution < 1.29 is 4.74 Å². The molecule has 17 heavy (non-hydrogen) atoms. The van der Waals surface area contributed by atoms with Crippen molar-refractivity contribution in [2.24, 2.45) is 12.8 Å². The Labute approximate surface area is 101 Å². The molecule has 0 aliphatic rings. The van der Waals surface area contributed by atoms with Gasteiger partial charge in [0.05, 0.1) is 0 Å². The third kappa shape index (κ3) is 3.32. The molecule has 2 N–H and O–H groups in total. The van der Waals surface area contributed by atoms with Crippen LogP contribution in [0.4, 0.5) is 0 Å². The zero-order valence-corrected chi connectivity index (χ0v) is 9.91. The number of imidazole rings is 1. The van der Waals surface area contributed by atoms with E-state index in [-0.39, 0.29) is 6.04 Å². The normalized spacial score (nSPS) is 12.4. The Morgan fingerprint density at radius 3 is 2.76 bits per heavy atom. The quantitative estimate of drug-likeness (QED) is 0.845. The Bertz CT molecular complexity index is 453. The monoisotopic (exact) mass is 231 g/mol. The molecular formula is C13H17N3O. The maximum Gasteiger partial charge on any atom is 0.119 e. The predicted molar refractivity (Wildman–Crippen MR) is 66.8 cm³/mol. The molecule has 0 aliphatic heterocycles. The lowest BCUT2D eigenvalue weighted by atomic mass is 10.2. The highest BCUT2D eigenvalue weighted by Crippen LogP contribution is 2.09. The second kappa shape index (κ2) is 5.50. The van der Waals surface area contributed by atoms with Gasteiger partial charge in [0.1, 0.15) is 18.2 Å². The summed E-state index contributed by atoms with van der Waals surface area (Å²) in [5.74, 6) is 1.83. The van der Waals surface area contributed by atoms with Crippen molar-refractivity contribution in [3.8, 4) is 5.75 Å². The van der Waals surface area contributed by atoms with Crippen molar-refractivity contribution in [2.45, 2.75) is 12.5 Å². The second-order valence-electron chi connectivity index (χ2n) is 4.04. The molecule has 0 saturated carbocycles. The smallest absolute Gasteiger partial charge is 0.119 e. The molecule has 1 atom stereocenters. The van der Waals surface area contributed by atoms with Crippen LogP contribution in [-0.4, -0.2) is 22.2 Å². The Hall–Kier alpha value is -1.81. The molecule has 0 aliphatic carbocycles. The molecule has 0 amide bonds. The number of hydrogen-bond donors (Lipinski definition) is 1. The average molecular weight is 231 g/mol. The predicted octanol–water partition coefficient (Wildman–Crippen LogP) is 1.37. The minimum absolute atomic E-state index is 0.0451. The fraction of sp³-hybridized carbons (Fsp3) is 0.308. The van der Waals surface area contributed by atoms with E-state index in [4.69, 9.17) is 10.5 Å². The summed E-state index contributed by atoms with van der Waals surface area (Å²) in [5.41, 5.74) is 6.00. The minimum Gasteiger partial charge on any atom is -0.492 e. The summed E-state index contributed by atoms with van der Waals surface area (Å²) in [6.45, 7) is 0.497. The molecule has 0 bridgehead atoms. The van der Waals surface area contributed by atoms with Gasteiger partial charge in [-0.25, -0.2) is 4.98 Å². The summed E-state index contributed by atoms with van der Waals surface area (Å²) < 4.78 is 7.57. The van der Waals surface area contributed by atoms with Gasteiger partial charge in [-0.05, 0) is 12.1 Å². The minimum atomic E-state index is -0.0451. The van der Waals surface area contributed by atoms with Gasteiger partial charge < -0.3 is 15.0 Å². The average Bonchev–Trinajstić information content (AvgIpc) is 2.74. The first kappa shape index (κ1) is 11.7. The van der Waals surface area contributed by atoms with Crippen LogP contribution in [0.1, 0.15) is 5.82 Å².